The molecule has 0 aliphatic heterocycles. The number of aliphatic hydroxyl groups excluding tert-OH is 3. The molecule has 59 heavy (non-hydrogen) atoms. The summed E-state index contributed by atoms with van der Waals surface area (Å²) in [6.45, 7) is 4.24. The third-order valence-corrected chi connectivity index (χ3v) is 12.5. The van der Waals surface area contributed by atoms with Gasteiger partial charge in [0.05, 0.1) is 31.3 Å². The Morgan fingerprint density at radius 2 is 0.729 bits per heavy atom. The van der Waals surface area contributed by atoms with Gasteiger partial charge in [0.2, 0.25) is 5.91 Å². The molecule has 0 rings (SSSR count). The van der Waals surface area contributed by atoms with Crippen LogP contribution in [0.15, 0.2) is 24.3 Å². The normalized spacial score (nSPS) is 13.5. The minimum Gasteiger partial charge on any atom is -0.394 e. The van der Waals surface area contributed by atoms with Crippen LogP contribution in [0.1, 0.15) is 290 Å². The van der Waals surface area contributed by atoms with Crippen molar-refractivity contribution in [1.82, 2.24) is 5.32 Å². The van der Waals surface area contributed by atoms with E-state index in [1.54, 1.807) is 6.08 Å². The van der Waals surface area contributed by atoms with Crippen molar-refractivity contribution < 1.29 is 20.1 Å². The first-order chi connectivity index (χ1) is 29.0. The first-order valence-electron chi connectivity index (χ1n) is 26.6. The molecule has 4 N–H and O–H groups in total. The molecule has 0 saturated carbocycles. The Hall–Kier alpha value is -1.17. The summed E-state index contributed by atoms with van der Waals surface area (Å²) in [7, 11) is 0. The molecule has 0 spiro atoms. The van der Waals surface area contributed by atoms with E-state index in [1.165, 1.54) is 231 Å². The van der Waals surface area contributed by atoms with E-state index < -0.39 is 18.2 Å². The molecule has 0 aromatic rings. The Balaban J connectivity index is 3.61. The van der Waals surface area contributed by atoms with E-state index >= 15 is 0 Å². The molecule has 5 heteroatoms. The van der Waals surface area contributed by atoms with Gasteiger partial charge in [0.1, 0.15) is 0 Å². The maximum Gasteiger partial charge on any atom is 0.222 e. The average Bonchev–Trinajstić information content (AvgIpc) is 3.23. The van der Waals surface area contributed by atoms with E-state index in [-0.39, 0.29) is 18.9 Å². The van der Waals surface area contributed by atoms with Crippen molar-refractivity contribution in [2.24, 2.45) is 0 Å². The lowest BCUT2D eigenvalue weighted by Gasteiger charge is -2.21. The number of allylic oxidation sites excluding steroid dienone is 3. The number of hydrogen-bond donors (Lipinski definition) is 4. The third kappa shape index (κ3) is 46.2. The molecule has 0 saturated heterocycles. The third-order valence-electron chi connectivity index (χ3n) is 12.5. The molecule has 0 aliphatic carbocycles. The second kappa shape index (κ2) is 49.5. The quantitative estimate of drug-likeness (QED) is 0.0363. The summed E-state index contributed by atoms with van der Waals surface area (Å²) in [6.07, 6.45) is 62.1. The van der Waals surface area contributed by atoms with Gasteiger partial charge in [0, 0.05) is 0 Å². The fraction of sp³-hybridized carbons (Fsp3) is 0.907. The van der Waals surface area contributed by atoms with Gasteiger partial charge in [-0.25, -0.2) is 0 Å². The van der Waals surface area contributed by atoms with Gasteiger partial charge in [-0.1, -0.05) is 276 Å². The van der Waals surface area contributed by atoms with Gasteiger partial charge in [0.15, 0.2) is 0 Å². The first-order valence-corrected chi connectivity index (χ1v) is 26.6. The summed E-state index contributed by atoms with van der Waals surface area (Å²) in [5, 5.41) is 33.4. The van der Waals surface area contributed by atoms with Gasteiger partial charge < -0.3 is 20.6 Å². The van der Waals surface area contributed by atoms with Gasteiger partial charge >= 0.3 is 0 Å². The molecule has 3 atom stereocenters. The van der Waals surface area contributed by atoms with Gasteiger partial charge in [-0.3, -0.25) is 4.79 Å². The zero-order chi connectivity index (χ0) is 43.0. The lowest BCUT2D eigenvalue weighted by Crippen LogP contribution is -2.45. The van der Waals surface area contributed by atoms with Crippen LogP contribution in [-0.4, -0.2) is 46.1 Å². The summed E-state index contributed by atoms with van der Waals surface area (Å²) in [5.74, 6) is -0.320. The molecule has 1 amide bonds. The lowest BCUT2D eigenvalue weighted by molar-refractivity contribution is -0.124. The molecule has 3 unspecified atom stereocenters. The van der Waals surface area contributed by atoms with Crippen molar-refractivity contribution in [3.8, 4) is 0 Å². The summed E-state index contributed by atoms with van der Waals surface area (Å²) in [5.41, 5.74) is 0. The van der Waals surface area contributed by atoms with Crippen molar-refractivity contribution in [2.75, 3.05) is 6.61 Å². The average molecular weight is 832 g/mol. The highest BCUT2D eigenvalue weighted by Gasteiger charge is 2.20. The predicted molar refractivity (Wildman–Crippen MR) is 259 cm³/mol. The van der Waals surface area contributed by atoms with Crippen LogP contribution in [0.3, 0.4) is 0 Å². The maximum absolute atomic E-state index is 12.5. The van der Waals surface area contributed by atoms with Crippen molar-refractivity contribution in [3.05, 3.63) is 24.3 Å². The fourth-order valence-electron chi connectivity index (χ4n) is 8.42. The molecule has 0 fully saturated rings. The number of unbranched alkanes of at least 4 members (excludes halogenated alkanes) is 38. The summed E-state index contributed by atoms with van der Waals surface area (Å²) in [4.78, 5) is 12.5. The van der Waals surface area contributed by atoms with Crippen LogP contribution in [0.25, 0.3) is 0 Å². The Bertz CT molecular complexity index is 874. The van der Waals surface area contributed by atoms with Gasteiger partial charge in [-0.15, -0.1) is 0 Å². The summed E-state index contributed by atoms with van der Waals surface area (Å²) >= 11 is 0. The number of aliphatic hydroxyl groups is 3. The van der Waals surface area contributed by atoms with Crippen LogP contribution in [0, 0.1) is 0 Å². The second-order valence-electron chi connectivity index (χ2n) is 18.5. The van der Waals surface area contributed by atoms with E-state index in [2.05, 4.69) is 31.3 Å². The van der Waals surface area contributed by atoms with Crippen LogP contribution in [-0.2, 0) is 4.79 Å². The van der Waals surface area contributed by atoms with Crippen molar-refractivity contribution in [1.29, 1.82) is 0 Å². The molecule has 0 aliphatic rings. The molecule has 0 aromatic heterocycles. The Kier molecular flexibility index (Phi) is 48.5. The Morgan fingerprint density at radius 3 is 1.08 bits per heavy atom. The molecule has 0 bridgehead atoms. The number of amides is 1. The number of hydrogen-bond acceptors (Lipinski definition) is 4. The van der Waals surface area contributed by atoms with E-state index in [1.807, 2.05) is 6.08 Å². The monoisotopic (exact) mass is 832 g/mol. The predicted octanol–water partition coefficient (Wildman–Crippen LogP) is 16.1. The Morgan fingerprint density at radius 1 is 0.424 bits per heavy atom. The van der Waals surface area contributed by atoms with Gasteiger partial charge in [-0.05, 0) is 32.1 Å². The van der Waals surface area contributed by atoms with Gasteiger partial charge in [-0.2, -0.15) is 0 Å². The zero-order valence-corrected chi connectivity index (χ0v) is 39.9. The highest BCUT2D eigenvalue weighted by Crippen LogP contribution is 2.17. The second-order valence-corrected chi connectivity index (χ2v) is 18.5. The topological polar surface area (TPSA) is 89.8 Å². The molecule has 5 nitrogen and oxygen atoms in total. The standard InChI is InChI=1S/C54H105NO4/c1-3-5-7-9-11-13-15-17-19-21-23-25-26-28-30-32-34-36-38-40-42-44-46-48-53(58)52(50-56)55-54(59)49-51(57)47-45-43-41-39-37-35-33-31-29-27-24-22-20-18-16-14-12-10-8-6-4-2/h38,40,46,48,51-53,56-58H,3-37,39,41-45,47,49-50H2,1-2H3,(H,55,59)/b40-38+,48-46+. The zero-order valence-electron chi connectivity index (χ0n) is 39.9. The summed E-state index contributed by atoms with van der Waals surface area (Å²) in [6, 6.07) is -0.759. The summed E-state index contributed by atoms with van der Waals surface area (Å²) < 4.78 is 0. The van der Waals surface area contributed by atoms with Crippen molar-refractivity contribution >= 4 is 5.91 Å². The largest absolute Gasteiger partial charge is 0.394 e. The molecule has 0 heterocycles. The molecule has 350 valence electrons. The van der Waals surface area contributed by atoms with Crippen LogP contribution in [0.2, 0.25) is 0 Å². The van der Waals surface area contributed by atoms with E-state index in [0.29, 0.717) is 6.42 Å². The molecule has 0 aromatic carbocycles. The van der Waals surface area contributed by atoms with E-state index in [9.17, 15) is 20.1 Å². The lowest BCUT2D eigenvalue weighted by atomic mass is 10.0. The minimum atomic E-state index is -0.950. The van der Waals surface area contributed by atoms with Gasteiger partial charge in [0.25, 0.3) is 0 Å². The van der Waals surface area contributed by atoms with E-state index in [4.69, 9.17) is 0 Å². The first kappa shape index (κ1) is 57.8. The fourth-order valence-corrected chi connectivity index (χ4v) is 8.42. The number of carbonyl (C=O) groups is 1. The van der Waals surface area contributed by atoms with Crippen LogP contribution >= 0.6 is 0 Å². The Labute approximate surface area is 369 Å². The van der Waals surface area contributed by atoms with Crippen molar-refractivity contribution in [3.63, 3.8) is 0 Å². The minimum absolute atomic E-state index is 0.0103. The van der Waals surface area contributed by atoms with E-state index in [0.717, 1.165) is 32.1 Å². The number of carbonyl (C=O) groups excluding carboxylic acids is 1. The molecule has 0 radical (unpaired) electrons. The highest BCUT2D eigenvalue weighted by molar-refractivity contribution is 5.76. The van der Waals surface area contributed by atoms with Crippen LogP contribution < -0.4 is 5.32 Å². The molecular formula is C54H105NO4. The van der Waals surface area contributed by atoms with Crippen LogP contribution in [0.5, 0.6) is 0 Å². The number of nitrogens with one attached hydrogen (secondary N) is 1. The van der Waals surface area contributed by atoms with Crippen molar-refractivity contribution in [2.45, 2.75) is 308 Å². The maximum atomic E-state index is 12.5. The highest BCUT2D eigenvalue weighted by atomic mass is 16.3. The number of rotatable bonds is 49. The van der Waals surface area contributed by atoms with Crippen LogP contribution in [0.4, 0.5) is 0 Å². The smallest absolute Gasteiger partial charge is 0.222 e. The molecular weight excluding hydrogens is 727 g/mol. The SMILES string of the molecule is CCCCCCCCCCCCCCCCCCC/C=C/CC/C=C/C(O)C(CO)NC(=O)CC(O)CCCCCCCCCCCCCCCCCCCCCCC.